The maximum absolute atomic E-state index is 5.36. The van der Waals surface area contributed by atoms with Crippen LogP contribution >= 0.6 is 0 Å². The van der Waals surface area contributed by atoms with Crippen LogP contribution in [0.3, 0.4) is 0 Å². The molecule has 3 aromatic heterocycles. The van der Waals surface area contributed by atoms with E-state index in [1.807, 2.05) is 60.9 Å². The molecule has 0 aliphatic carbocycles. The first kappa shape index (κ1) is 23.6. The molecule has 0 atom stereocenters. The van der Waals surface area contributed by atoms with Gasteiger partial charge in [0.1, 0.15) is 0 Å². The second-order valence-electron chi connectivity index (χ2n) is 9.58. The molecule has 0 saturated carbocycles. The summed E-state index contributed by atoms with van der Waals surface area (Å²) in [5, 5.41) is 1.06. The summed E-state index contributed by atoms with van der Waals surface area (Å²) in [5.74, 6) is 0. The van der Waals surface area contributed by atoms with E-state index in [0.29, 0.717) is 0 Å². The van der Waals surface area contributed by atoms with E-state index in [9.17, 15) is 0 Å². The first-order valence-electron chi connectivity index (χ1n) is 13.2. The Morgan fingerprint density at radius 3 is 1.52 bits per heavy atom. The number of nitrogens with zero attached hydrogens (tertiary/aromatic N) is 4. The molecule has 188 valence electrons. The van der Waals surface area contributed by atoms with E-state index in [4.69, 9.17) is 9.97 Å². The van der Waals surface area contributed by atoms with Gasteiger partial charge >= 0.3 is 0 Å². The number of fused-ring (bicyclic) bond motifs is 1. The van der Waals surface area contributed by atoms with Crippen LogP contribution in [-0.2, 0) is 0 Å². The smallest absolute Gasteiger partial charge is 0.0973 e. The molecule has 0 saturated heterocycles. The highest BCUT2D eigenvalue weighted by atomic mass is 14.9. The van der Waals surface area contributed by atoms with E-state index in [-0.39, 0.29) is 0 Å². The van der Waals surface area contributed by atoms with Gasteiger partial charge in [0.15, 0.2) is 0 Å². The van der Waals surface area contributed by atoms with Crippen molar-refractivity contribution in [3.05, 3.63) is 146 Å². The Balaban J connectivity index is 1.48. The molecule has 4 nitrogen and oxygen atoms in total. The van der Waals surface area contributed by atoms with E-state index in [1.165, 1.54) is 0 Å². The lowest BCUT2D eigenvalue weighted by Gasteiger charge is -2.16. The molecule has 0 aliphatic rings. The largest absolute Gasteiger partial charge is 0.264 e. The van der Waals surface area contributed by atoms with Crippen LogP contribution in [-0.4, -0.2) is 19.9 Å². The molecule has 0 aliphatic heterocycles. The number of aromatic nitrogens is 4. The zero-order chi connectivity index (χ0) is 26.7. The first-order chi connectivity index (χ1) is 19.8. The summed E-state index contributed by atoms with van der Waals surface area (Å²) in [4.78, 5) is 19.5. The molecule has 0 spiro atoms. The normalized spacial score (nSPS) is 11.0. The zero-order valence-electron chi connectivity index (χ0n) is 21.6. The van der Waals surface area contributed by atoms with Gasteiger partial charge in [-0.1, -0.05) is 103 Å². The summed E-state index contributed by atoms with van der Waals surface area (Å²) in [6.07, 6.45) is 5.49. The van der Waals surface area contributed by atoms with Gasteiger partial charge in [-0.25, -0.2) is 9.97 Å². The molecule has 40 heavy (non-hydrogen) atoms. The minimum absolute atomic E-state index is 0.832. The highest BCUT2D eigenvalue weighted by Crippen LogP contribution is 2.38. The Bertz CT molecular complexity index is 1920. The Kier molecular flexibility index (Phi) is 6.11. The van der Waals surface area contributed by atoms with Crippen molar-refractivity contribution in [2.75, 3.05) is 0 Å². The van der Waals surface area contributed by atoms with E-state index in [1.54, 1.807) is 6.20 Å². The quantitative estimate of drug-likeness (QED) is 0.231. The van der Waals surface area contributed by atoms with Crippen molar-refractivity contribution in [3.63, 3.8) is 0 Å². The SMILES string of the molecule is c1ccc(-c2nc(-c3ccc(-c4cccnc4)cc3)c(-c3ccc4ncccc4c3)nc2-c2ccccc2)cc1. The van der Waals surface area contributed by atoms with Crippen LogP contribution in [0.2, 0.25) is 0 Å². The van der Waals surface area contributed by atoms with Crippen molar-refractivity contribution < 1.29 is 0 Å². The Morgan fingerprint density at radius 2 is 0.900 bits per heavy atom. The highest BCUT2D eigenvalue weighted by Gasteiger charge is 2.19. The third-order valence-electron chi connectivity index (χ3n) is 7.02. The Labute approximate surface area is 232 Å². The van der Waals surface area contributed by atoms with Crippen LogP contribution in [0.5, 0.6) is 0 Å². The molecular formula is C36H24N4. The Morgan fingerprint density at radius 1 is 0.375 bits per heavy atom. The minimum atomic E-state index is 0.832. The van der Waals surface area contributed by atoms with Gasteiger partial charge in [0, 0.05) is 46.2 Å². The molecule has 7 rings (SSSR count). The van der Waals surface area contributed by atoms with E-state index in [0.717, 1.165) is 67.1 Å². The summed E-state index contributed by atoms with van der Waals surface area (Å²) in [6.45, 7) is 0. The number of rotatable bonds is 5. The Hall–Kier alpha value is -5.48. The molecule has 7 aromatic rings. The van der Waals surface area contributed by atoms with E-state index >= 15 is 0 Å². The molecule has 0 fully saturated rings. The standard InChI is InChI=1S/C36H24N4/c1-3-9-26(10-4-1)33-34(27-11-5-2-6-12-27)40-36(30-19-20-32-29(23-30)13-8-22-38-32)35(39-33)28-17-15-25(16-18-28)31-14-7-21-37-24-31/h1-24H. The first-order valence-corrected chi connectivity index (χ1v) is 13.2. The van der Waals surface area contributed by atoms with Crippen molar-refractivity contribution in [1.82, 2.24) is 19.9 Å². The van der Waals surface area contributed by atoms with Crippen LogP contribution in [0, 0.1) is 0 Å². The van der Waals surface area contributed by atoms with Gasteiger partial charge in [-0.3, -0.25) is 9.97 Å². The van der Waals surface area contributed by atoms with Crippen molar-refractivity contribution in [2.45, 2.75) is 0 Å². The van der Waals surface area contributed by atoms with Crippen LogP contribution in [0.4, 0.5) is 0 Å². The predicted octanol–water partition coefficient (Wildman–Crippen LogP) is 8.75. The van der Waals surface area contributed by atoms with E-state index in [2.05, 4.69) is 88.8 Å². The molecule has 0 amide bonds. The lowest BCUT2D eigenvalue weighted by molar-refractivity contribution is 1.22. The molecule has 0 unspecified atom stereocenters. The summed E-state index contributed by atoms with van der Waals surface area (Å²) in [7, 11) is 0. The average Bonchev–Trinajstić information content (AvgIpc) is 3.05. The molecular weight excluding hydrogens is 488 g/mol. The van der Waals surface area contributed by atoms with Gasteiger partial charge in [-0.05, 0) is 35.4 Å². The number of pyridine rings is 2. The van der Waals surface area contributed by atoms with Crippen molar-refractivity contribution >= 4 is 10.9 Å². The van der Waals surface area contributed by atoms with Crippen LogP contribution < -0.4 is 0 Å². The summed E-state index contributed by atoms with van der Waals surface area (Å²) in [6, 6.07) is 43.4. The highest BCUT2D eigenvalue weighted by molar-refractivity contribution is 5.90. The zero-order valence-corrected chi connectivity index (χ0v) is 21.6. The lowest BCUT2D eigenvalue weighted by atomic mass is 9.97. The maximum Gasteiger partial charge on any atom is 0.0973 e. The fourth-order valence-electron chi connectivity index (χ4n) is 5.01. The fourth-order valence-corrected chi connectivity index (χ4v) is 5.01. The lowest BCUT2D eigenvalue weighted by Crippen LogP contribution is -2.01. The number of benzene rings is 4. The van der Waals surface area contributed by atoms with Gasteiger partial charge < -0.3 is 0 Å². The van der Waals surface area contributed by atoms with Crippen molar-refractivity contribution in [1.29, 1.82) is 0 Å². The van der Waals surface area contributed by atoms with Crippen molar-refractivity contribution in [3.8, 4) is 56.2 Å². The van der Waals surface area contributed by atoms with Crippen LogP contribution in [0.15, 0.2) is 146 Å². The predicted molar refractivity (Wildman–Crippen MR) is 162 cm³/mol. The molecule has 0 bridgehead atoms. The molecule has 3 heterocycles. The monoisotopic (exact) mass is 512 g/mol. The molecule has 0 radical (unpaired) electrons. The van der Waals surface area contributed by atoms with Gasteiger partial charge in [0.05, 0.1) is 28.3 Å². The maximum atomic E-state index is 5.36. The molecule has 4 heteroatoms. The third-order valence-corrected chi connectivity index (χ3v) is 7.02. The molecule has 0 N–H and O–H groups in total. The van der Waals surface area contributed by atoms with Crippen LogP contribution in [0.25, 0.3) is 67.1 Å². The number of hydrogen-bond acceptors (Lipinski definition) is 4. The van der Waals surface area contributed by atoms with E-state index < -0.39 is 0 Å². The topological polar surface area (TPSA) is 51.6 Å². The second kappa shape index (κ2) is 10.4. The van der Waals surface area contributed by atoms with Gasteiger partial charge in [-0.2, -0.15) is 0 Å². The second-order valence-corrected chi connectivity index (χ2v) is 9.58. The summed E-state index contributed by atoms with van der Waals surface area (Å²) >= 11 is 0. The summed E-state index contributed by atoms with van der Waals surface area (Å²) < 4.78 is 0. The average molecular weight is 513 g/mol. The van der Waals surface area contributed by atoms with Gasteiger partial charge in [0.25, 0.3) is 0 Å². The van der Waals surface area contributed by atoms with Crippen LogP contribution in [0.1, 0.15) is 0 Å². The summed E-state index contributed by atoms with van der Waals surface area (Å²) in [5.41, 5.74) is 10.5. The third kappa shape index (κ3) is 4.52. The van der Waals surface area contributed by atoms with Gasteiger partial charge in [0.2, 0.25) is 0 Å². The van der Waals surface area contributed by atoms with Crippen molar-refractivity contribution in [2.24, 2.45) is 0 Å². The fraction of sp³-hybridized carbons (Fsp3) is 0. The number of hydrogen-bond donors (Lipinski definition) is 0. The molecule has 4 aromatic carbocycles. The minimum Gasteiger partial charge on any atom is -0.264 e. The van der Waals surface area contributed by atoms with Gasteiger partial charge in [-0.15, -0.1) is 0 Å².